The molecule has 1 aromatic carbocycles. The molecule has 3 heterocycles. The van der Waals surface area contributed by atoms with Crippen LogP contribution in [0.1, 0.15) is 79.3 Å². The Balaban J connectivity index is 1.24. The van der Waals surface area contributed by atoms with E-state index in [1.54, 1.807) is 12.4 Å². The van der Waals surface area contributed by atoms with Gasteiger partial charge in [0, 0.05) is 31.7 Å². The van der Waals surface area contributed by atoms with E-state index < -0.39 is 5.41 Å². The molecule has 1 aliphatic heterocycles. The zero-order valence-corrected chi connectivity index (χ0v) is 23.6. The SMILES string of the molecule is Cc1c(C(=O)Cc2ccc(C3(C#N)CCC(N4CCOCC4)CC3)nc2)cnn1-c1ccc(C(C)(C)C)cc1. The first kappa shape index (κ1) is 27.2. The van der Waals surface area contributed by atoms with Crippen LogP contribution in [0.3, 0.4) is 0 Å². The number of nitrogens with zero attached hydrogens (tertiary/aromatic N) is 5. The van der Waals surface area contributed by atoms with Crippen molar-refractivity contribution in [2.24, 2.45) is 0 Å². The van der Waals surface area contributed by atoms with Crippen molar-refractivity contribution in [2.45, 2.75) is 76.7 Å². The van der Waals surface area contributed by atoms with E-state index >= 15 is 0 Å². The van der Waals surface area contributed by atoms with Crippen LogP contribution in [0, 0.1) is 18.3 Å². The van der Waals surface area contributed by atoms with Gasteiger partial charge in [0.15, 0.2) is 5.78 Å². The fourth-order valence-corrected chi connectivity index (χ4v) is 5.97. The lowest BCUT2D eigenvalue weighted by Gasteiger charge is -2.41. The summed E-state index contributed by atoms with van der Waals surface area (Å²) in [5.41, 5.74) is 4.85. The minimum atomic E-state index is -0.550. The van der Waals surface area contributed by atoms with Gasteiger partial charge in [-0.05, 0) is 67.3 Å². The summed E-state index contributed by atoms with van der Waals surface area (Å²) in [6.07, 6.45) is 7.30. The first-order valence-electron chi connectivity index (χ1n) is 14.1. The van der Waals surface area contributed by atoms with Gasteiger partial charge in [-0.3, -0.25) is 14.7 Å². The van der Waals surface area contributed by atoms with Crippen LogP contribution < -0.4 is 0 Å². The molecule has 0 N–H and O–H groups in total. The average Bonchev–Trinajstić information content (AvgIpc) is 3.35. The molecule has 3 aromatic rings. The molecule has 0 spiro atoms. The summed E-state index contributed by atoms with van der Waals surface area (Å²) in [6, 6.07) is 15.4. The first-order valence-corrected chi connectivity index (χ1v) is 14.1. The van der Waals surface area contributed by atoms with Gasteiger partial charge in [0.1, 0.15) is 0 Å². The van der Waals surface area contributed by atoms with Crippen molar-refractivity contribution in [1.29, 1.82) is 5.26 Å². The lowest BCUT2D eigenvalue weighted by atomic mass is 9.71. The summed E-state index contributed by atoms with van der Waals surface area (Å²) in [4.78, 5) is 20.4. The predicted molar refractivity (Wildman–Crippen MR) is 151 cm³/mol. The van der Waals surface area contributed by atoms with Gasteiger partial charge in [0.25, 0.3) is 0 Å². The monoisotopic (exact) mass is 525 g/mol. The number of carbonyl (C=O) groups is 1. The summed E-state index contributed by atoms with van der Waals surface area (Å²) in [7, 11) is 0. The molecule has 204 valence electrons. The molecule has 0 atom stereocenters. The standard InChI is InChI=1S/C32H39N5O2/c1-23-28(21-35-37(23)27-8-6-25(7-9-27)31(2,3)4)29(38)19-24-5-10-30(34-20-24)32(22-33)13-11-26(12-14-32)36-15-17-39-18-16-36/h5-10,20-21,26H,11-19H2,1-4H3. The Kier molecular flexibility index (Phi) is 7.70. The van der Waals surface area contributed by atoms with E-state index in [9.17, 15) is 10.1 Å². The van der Waals surface area contributed by atoms with Gasteiger partial charge in [-0.25, -0.2) is 4.68 Å². The van der Waals surface area contributed by atoms with Crippen molar-refractivity contribution in [2.75, 3.05) is 26.3 Å². The van der Waals surface area contributed by atoms with Crippen molar-refractivity contribution >= 4 is 5.78 Å². The molecule has 2 aromatic heterocycles. The highest BCUT2D eigenvalue weighted by atomic mass is 16.5. The maximum Gasteiger partial charge on any atom is 0.170 e. The normalized spacial score (nSPS) is 22.4. The molecular formula is C32H39N5O2. The van der Waals surface area contributed by atoms with Crippen molar-refractivity contribution in [3.05, 3.63) is 76.9 Å². The highest BCUT2D eigenvalue weighted by Gasteiger charge is 2.40. The van der Waals surface area contributed by atoms with Gasteiger partial charge in [-0.1, -0.05) is 39.0 Å². The van der Waals surface area contributed by atoms with Crippen LogP contribution >= 0.6 is 0 Å². The zero-order chi connectivity index (χ0) is 27.6. The van der Waals surface area contributed by atoms with Gasteiger partial charge < -0.3 is 4.74 Å². The van der Waals surface area contributed by atoms with Gasteiger partial charge in [0.05, 0.1) is 53.5 Å². The summed E-state index contributed by atoms with van der Waals surface area (Å²) in [5, 5.41) is 14.7. The number of aromatic nitrogens is 3. The van der Waals surface area contributed by atoms with Gasteiger partial charge in [-0.2, -0.15) is 10.4 Å². The number of benzene rings is 1. The molecule has 1 saturated heterocycles. The Morgan fingerprint density at radius 1 is 1.08 bits per heavy atom. The fraction of sp³-hybridized carbons (Fsp3) is 0.500. The first-order chi connectivity index (χ1) is 18.7. The third-order valence-electron chi connectivity index (χ3n) is 8.55. The summed E-state index contributed by atoms with van der Waals surface area (Å²) in [6.45, 7) is 12.1. The van der Waals surface area contributed by atoms with Crippen LogP contribution in [0.4, 0.5) is 0 Å². The number of hydrogen-bond acceptors (Lipinski definition) is 6. The number of hydrogen-bond donors (Lipinski definition) is 0. The van der Waals surface area contributed by atoms with Gasteiger partial charge in [-0.15, -0.1) is 0 Å². The topological polar surface area (TPSA) is 84.0 Å². The Morgan fingerprint density at radius 2 is 1.77 bits per heavy atom. The molecule has 1 aliphatic carbocycles. The van der Waals surface area contributed by atoms with Gasteiger partial charge >= 0.3 is 0 Å². The molecule has 7 heteroatoms. The predicted octanol–water partition coefficient (Wildman–Crippen LogP) is 5.33. The minimum Gasteiger partial charge on any atom is -0.379 e. The molecule has 7 nitrogen and oxygen atoms in total. The smallest absolute Gasteiger partial charge is 0.170 e. The molecule has 2 aliphatic rings. The molecular weight excluding hydrogens is 486 g/mol. The Hall–Kier alpha value is -3.34. The molecule has 1 saturated carbocycles. The van der Waals surface area contributed by atoms with Crippen LogP contribution in [-0.4, -0.2) is 57.8 Å². The Labute approximate surface area is 231 Å². The number of pyridine rings is 1. The molecule has 5 rings (SSSR count). The van der Waals surface area contributed by atoms with Crippen molar-refractivity contribution in [1.82, 2.24) is 19.7 Å². The van der Waals surface area contributed by atoms with E-state index in [2.05, 4.69) is 61.1 Å². The van der Waals surface area contributed by atoms with Crippen LogP contribution in [-0.2, 0) is 22.0 Å². The lowest BCUT2D eigenvalue weighted by Crippen LogP contribution is -2.47. The van der Waals surface area contributed by atoms with E-state index in [1.165, 1.54) is 5.56 Å². The molecule has 0 radical (unpaired) electrons. The minimum absolute atomic E-state index is 0.0145. The Bertz CT molecular complexity index is 1330. The second kappa shape index (κ2) is 11.0. The van der Waals surface area contributed by atoms with Crippen LogP contribution in [0.25, 0.3) is 5.69 Å². The maximum atomic E-state index is 13.2. The van der Waals surface area contributed by atoms with E-state index in [0.29, 0.717) is 11.6 Å². The third-order valence-corrected chi connectivity index (χ3v) is 8.55. The molecule has 0 bridgehead atoms. The summed E-state index contributed by atoms with van der Waals surface area (Å²) >= 11 is 0. The number of nitriles is 1. The number of Topliss-reactive ketones (excluding diaryl/α,β-unsaturated/α-hetero) is 1. The Morgan fingerprint density at radius 3 is 2.36 bits per heavy atom. The highest BCUT2D eigenvalue weighted by Crippen LogP contribution is 2.39. The van der Waals surface area contributed by atoms with E-state index in [1.807, 2.05) is 23.7 Å². The average molecular weight is 526 g/mol. The number of ketones is 1. The summed E-state index contributed by atoms with van der Waals surface area (Å²) < 4.78 is 7.32. The second-order valence-corrected chi connectivity index (χ2v) is 12.1. The second-order valence-electron chi connectivity index (χ2n) is 12.1. The van der Waals surface area contributed by atoms with E-state index in [0.717, 1.165) is 74.6 Å². The largest absolute Gasteiger partial charge is 0.379 e. The van der Waals surface area contributed by atoms with Crippen molar-refractivity contribution in [3.63, 3.8) is 0 Å². The van der Waals surface area contributed by atoms with Crippen LogP contribution in [0.15, 0.2) is 48.8 Å². The van der Waals surface area contributed by atoms with Crippen molar-refractivity contribution < 1.29 is 9.53 Å². The fourth-order valence-electron chi connectivity index (χ4n) is 5.97. The number of rotatable bonds is 6. The maximum absolute atomic E-state index is 13.2. The molecule has 0 amide bonds. The van der Waals surface area contributed by atoms with Crippen molar-refractivity contribution in [3.8, 4) is 11.8 Å². The molecule has 39 heavy (non-hydrogen) atoms. The zero-order valence-electron chi connectivity index (χ0n) is 23.6. The lowest BCUT2D eigenvalue weighted by molar-refractivity contribution is 0.00493. The highest BCUT2D eigenvalue weighted by molar-refractivity contribution is 5.98. The van der Waals surface area contributed by atoms with E-state index in [-0.39, 0.29) is 17.6 Å². The van der Waals surface area contributed by atoms with Gasteiger partial charge in [0.2, 0.25) is 0 Å². The number of morpholine rings is 1. The third kappa shape index (κ3) is 5.68. The number of ether oxygens (including phenoxy) is 1. The quantitative estimate of drug-likeness (QED) is 0.404. The molecule has 0 unspecified atom stereocenters. The summed E-state index contributed by atoms with van der Waals surface area (Å²) in [5.74, 6) is 0.0145. The van der Waals surface area contributed by atoms with Crippen LogP contribution in [0.2, 0.25) is 0 Å². The van der Waals surface area contributed by atoms with Crippen LogP contribution in [0.5, 0.6) is 0 Å². The molecule has 2 fully saturated rings. The van der Waals surface area contributed by atoms with E-state index in [4.69, 9.17) is 9.72 Å². The number of carbonyl (C=O) groups excluding carboxylic acids is 1.